The average Bonchev–Trinajstić information content (AvgIpc) is 2.98. The van der Waals surface area contributed by atoms with E-state index in [2.05, 4.69) is 30.2 Å². The first-order chi connectivity index (χ1) is 19.8. The maximum atomic E-state index is 14.9. The van der Waals surface area contributed by atoms with Crippen LogP contribution in [0, 0.1) is 11.6 Å². The summed E-state index contributed by atoms with van der Waals surface area (Å²) in [6.07, 6.45) is 8.07. The number of anilines is 2. The number of unbranched alkanes of at least 4 members (excludes halogenated alkanes) is 1. The van der Waals surface area contributed by atoms with Gasteiger partial charge in [-0.15, -0.1) is 0 Å². The van der Waals surface area contributed by atoms with E-state index in [1.807, 2.05) is 6.92 Å². The van der Waals surface area contributed by atoms with Crippen LogP contribution in [0.25, 0.3) is 22.2 Å². The number of piperidine rings is 1. The quantitative estimate of drug-likeness (QED) is 0.261. The molecule has 41 heavy (non-hydrogen) atoms. The first kappa shape index (κ1) is 28.2. The second-order valence-corrected chi connectivity index (χ2v) is 10.0. The van der Waals surface area contributed by atoms with E-state index in [9.17, 15) is 18.7 Å². The number of halogens is 2. The number of likely N-dealkylation sites (tertiary alicyclic amines) is 1. The Hall–Kier alpha value is -4.32. The van der Waals surface area contributed by atoms with Crippen molar-refractivity contribution in [1.29, 1.82) is 0 Å². The topological polar surface area (TPSA) is 126 Å². The van der Waals surface area contributed by atoms with E-state index >= 15 is 0 Å². The molecule has 1 atom stereocenters. The minimum Gasteiger partial charge on any atom is -0.449 e. The zero-order valence-corrected chi connectivity index (χ0v) is 22.8. The van der Waals surface area contributed by atoms with Crippen molar-refractivity contribution in [3.63, 3.8) is 0 Å². The van der Waals surface area contributed by atoms with Crippen molar-refractivity contribution in [3.05, 3.63) is 65.7 Å². The highest BCUT2D eigenvalue weighted by Crippen LogP contribution is 2.31. The number of aliphatic hydroxyl groups excluding tert-OH is 1. The van der Waals surface area contributed by atoms with E-state index in [-0.39, 0.29) is 40.7 Å². The standard InChI is InChI=1S/C29H31F2N7O3/c1-3-4-11-41-29(40)38-9-6-18(7-10-38)20-14-33-27(34-15-20)37-28-35-16-24(31)25(36-28)19-12-22-21(17(2)39)5-8-32-26(22)23(30)13-19/h5,8,12-18,39H,3-4,6-7,9-11H2,1-2H3,(H,33,34,35,36,37). The van der Waals surface area contributed by atoms with E-state index in [4.69, 9.17) is 4.74 Å². The van der Waals surface area contributed by atoms with Crippen LogP contribution < -0.4 is 5.32 Å². The molecular weight excluding hydrogens is 532 g/mol. The second kappa shape index (κ2) is 12.5. The number of carbonyl (C=O) groups is 1. The lowest BCUT2D eigenvalue weighted by Crippen LogP contribution is -2.38. The van der Waals surface area contributed by atoms with Gasteiger partial charge >= 0.3 is 6.09 Å². The number of nitrogens with zero attached hydrogens (tertiary/aromatic N) is 6. The molecule has 1 aliphatic rings. The molecule has 0 radical (unpaired) electrons. The molecule has 1 saturated heterocycles. The zero-order chi connectivity index (χ0) is 28.9. The van der Waals surface area contributed by atoms with Crippen molar-refractivity contribution >= 4 is 28.9 Å². The molecule has 5 rings (SSSR count). The van der Waals surface area contributed by atoms with Gasteiger partial charge in [-0.05, 0) is 61.4 Å². The van der Waals surface area contributed by atoms with Gasteiger partial charge in [-0.2, -0.15) is 0 Å². The molecule has 1 amide bonds. The lowest BCUT2D eigenvalue weighted by Gasteiger charge is -2.31. The van der Waals surface area contributed by atoms with E-state index in [1.54, 1.807) is 36.4 Å². The first-order valence-electron chi connectivity index (χ1n) is 13.6. The van der Waals surface area contributed by atoms with Crippen LogP contribution in [0.1, 0.15) is 62.7 Å². The number of pyridine rings is 1. The Morgan fingerprint density at radius 1 is 1.10 bits per heavy atom. The molecule has 0 aliphatic carbocycles. The number of fused-ring (bicyclic) bond motifs is 1. The molecule has 3 aromatic heterocycles. The minimum absolute atomic E-state index is 0.0338. The van der Waals surface area contributed by atoms with Crippen LogP contribution in [0.2, 0.25) is 0 Å². The summed E-state index contributed by atoms with van der Waals surface area (Å²) in [5, 5.41) is 13.4. The van der Waals surface area contributed by atoms with Gasteiger partial charge in [0.15, 0.2) is 5.82 Å². The van der Waals surface area contributed by atoms with E-state index in [0.29, 0.717) is 30.6 Å². The number of aliphatic hydroxyl groups is 1. The third kappa shape index (κ3) is 6.37. The van der Waals surface area contributed by atoms with Gasteiger partial charge in [0.25, 0.3) is 0 Å². The number of benzene rings is 1. The molecule has 214 valence electrons. The molecule has 1 aromatic carbocycles. The van der Waals surface area contributed by atoms with Crippen LogP contribution in [0.5, 0.6) is 0 Å². The van der Waals surface area contributed by atoms with Crippen molar-refractivity contribution in [2.45, 2.75) is 51.6 Å². The Balaban J connectivity index is 1.28. The van der Waals surface area contributed by atoms with E-state index in [1.165, 1.54) is 6.20 Å². The Kier molecular flexibility index (Phi) is 8.58. The summed E-state index contributed by atoms with van der Waals surface area (Å²) in [7, 11) is 0. The Labute approximate surface area is 235 Å². The Morgan fingerprint density at radius 2 is 1.83 bits per heavy atom. The number of hydrogen-bond donors (Lipinski definition) is 2. The van der Waals surface area contributed by atoms with Gasteiger partial charge in [0.2, 0.25) is 11.9 Å². The van der Waals surface area contributed by atoms with Crippen molar-refractivity contribution < 1.29 is 23.4 Å². The normalized spacial score (nSPS) is 14.7. The predicted octanol–water partition coefficient (Wildman–Crippen LogP) is 5.67. The number of ether oxygens (including phenoxy) is 1. The fourth-order valence-corrected chi connectivity index (χ4v) is 4.87. The SMILES string of the molecule is CCCCOC(=O)N1CCC(c2cnc(Nc3ncc(F)c(-c4cc(F)c5nccc(C(C)O)c5c4)n3)nc2)CC1. The molecule has 10 nitrogen and oxygen atoms in total. The van der Waals surface area contributed by atoms with Gasteiger partial charge < -0.3 is 14.7 Å². The summed E-state index contributed by atoms with van der Waals surface area (Å²) in [4.78, 5) is 34.9. The average molecular weight is 564 g/mol. The molecule has 0 saturated carbocycles. The molecule has 12 heteroatoms. The summed E-state index contributed by atoms with van der Waals surface area (Å²) >= 11 is 0. The number of hydrogen-bond acceptors (Lipinski definition) is 9. The predicted molar refractivity (Wildman–Crippen MR) is 148 cm³/mol. The van der Waals surface area contributed by atoms with Gasteiger partial charge in [-0.25, -0.2) is 33.5 Å². The fourth-order valence-electron chi connectivity index (χ4n) is 4.87. The molecule has 1 unspecified atom stereocenters. The molecular formula is C29H31F2N7O3. The number of amides is 1. The van der Waals surface area contributed by atoms with Crippen LogP contribution >= 0.6 is 0 Å². The van der Waals surface area contributed by atoms with Gasteiger partial charge in [-0.1, -0.05) is 13.3 Å². The third-order valence-corrected chi connectivity index (χ3v) is 7.14. The summed E-state index contributed by atoms with van der Waals surface area (Å²) in [5.41, 5.74) is 1.54. The van der Waals surface area contributed by atoms with Crippen molar-refractivity contribution in [2.75, 3.05) is 25.0 Å². The van der Waals surface area contributed by atoms with Crippen molar-refractivity contribution in [1.82, 2.24) is 29.8 Å². The van der Waals surface area contributed by atoms with E-state index < -0.39 is 17.7 Å². The number of nitrogens with one attached hydrogen (secondary N) is 1. The molecule has 1 fully saturated rings. The van der Waals surface area contributed by atoms with Crippen LogP contribution in [-0.2, 0) is 4.74 Å². The van der Waals surface area contributed by atoms with Gasteiger partial charge in [0.1, 0.15) is 17.0 Å². The molecule has 4 heterocycles. The molecule has 4 aromatic rings. The maximum Gasteiger partial charge on any atom is 0.409 e. The Bertz CT molecular complexity index is 1530. The number of carbonyl (C=O) groups excluding carboxylic acids is 1. The van der Waals surface area contributed by atoms with Crippen molar-refractivity contribution in [2.24, 2.45) is 0 Å². The van der Waals surface area contributed by atoms with Crippen LogP contribution in [0.15, 0.2) is 43.0 Å². The fraction of sp³-hybridized carbons (Fsp3) is 0.379. The number of rotatable bonds is 8. The Morgan fingerprint density at radius 3 is 2.54 bits per heavy atom. The zero-order valence-electron chi connectivity index (χ0n) is 22.8. The number of aromatic nitrogens is 5. The molecule has 0 spiro atoms. The summed E-state index contributed by atoms with van der Waals surface area (Å²) in [6.45, 7) is 5.26. The molecule has 1 aliphatic heterocycles. The van der Waals surface area contributed by atoms with Gasteiger partial charge in [-0.3, -0.25) is 10.3 Å². The highest BCUT2D eigenvalue weighted by Gasteiger charge is 2.25. The third-order valence-electron chi connectivity index (χ3n) is 7.14. The van der Waals surface area contributed by atoms with Crippen LogP contribution in [0.3, 0.4) is 0 Å². The molecule has 0 bridgehead atoms. The monoisotopic (exact) mass is 563 g/mol. The first-order valence-corrected chi connectivity index (χ1v) is 13.6. The lowest BCUT2D eigenvalue weighted by molar-refractivity contribution is 0.0915. The summed E-state index contributed by atoms with van der Waals surface area (Å²) < 4.78 is 35.0. The van der Waals surface area contributed by atoms with Crippen molar-refractivity contribution in [3.8, 4) is 11.3 Å². The lowest BCUT2D eigenvalue weighted by atomic mass is 9.91. The smallest absolute Gasteiger partial charge is 0.409 e. The highest BCUT2D eigenvalue weighted by molar-refractivity contribution is 5.87. The molecule has 2 N–H and O–H groups in total. The van der Waals surface area contributed by atoms with Crippen LogP contribution in [0.4, 0.5) is 25.5 Å². The largest absolute Gasteiger partial charge is 0.449 e. The summed E-state index contributed by atoms with van der Waals surface area (Å²) in [5.74, 6) is -0.944. The van der Waals surface area contributed by atoms with Gasteiger partial charge in [0.05, 0.1) is 18.9 Å². The van der Waals surface area contributed by atoms with E-state index in [0.717, 1.165) is 43.5 Å². The highest BCUT2D eigenvalue weighted by atomic mass is 19.1. The second-order valence-electron chi connectivity index (χ2n) is 10.0. The van der Waals surface area contributed by atoms with Gasteiger partial charge in [0, 0.05) is 42.6 Å². The maximum absolute atomic E-state index is 14.9. The minimum atomic E-state index is -0.873. The van der Waals surface area contributed by atoms with Crippen LogP contribution in [-0.4, -0.2) is 60.7 Å². The summed E-state index contributed by atoms with van der Waals surface area (Å²) in [6, 6.07) is 4.29.